The Hall–Kier alpha value is -2.27. The third kappa shape index (κ3) is 5.14. The summed E-state index contributed by atoms with van der Waals surface area (Å²) in [4.78, 5) is 24.1. The number of aryl methyl sites for hydroxylation is 2. The number of imide groups is 1. The van der Waals surface area contributed by atoms with E-state index in [4.69, 9.17) is 0 Å². The molecule has 0 saturated heterocycles. The Balaban J connectivity index is 1.78. The fourth-order valence-electron chi connectivity index (χ4n) is 2.12. The van der Waals surface area contributed by atoms with Gasteiger partial charge < -0.3 is 5.32 Å². The van der Waals surface area contributed by atoms with Crippen molar-refractivity contribution in [2.45, 2.75) is 19.8 Å². The zero-order chi connectivity index (χ0) is 16.7. The van der Waals surface area contributed by atoms with E-state index in [1.165, 1.54) is 5.56 Å². The summed E-state index contributed by atoms with van der Waals surface area (Å²) in [7, 11) is 0. The van der Waals surface area contributed by atoms with Crippen molar-refractivity contribution in [1.29, 1.82) is 0 Å². The Bertz CT molecular complexity index is 656. The van der Waals surface area contributed by atoms with E-state index in [0.29, 0.717) is 12.1 Å². The van der Waals surface area contributed by atoms with Crippen LogP contribution in [0.3, 0.4) is 0 Å². The van der Waals surface area contributed by atoms with Gasteiger partial charge in [0.2, 0.25) is 0 Å². The van der Waals surface area contributed by atoms with Crippen LogP contribution >= 0.6 is 12.8 Å². The molecule has 0 bridgehead atoms. The summed E-state index contributed by atoms with van der Waals surface area (Å²) in [6.45, 7) is 2.43. The molecule has 0 aliphatic rings. The lowest BCUT2D eigenvalue weighted by molar-refractivity contribution is 0.0895. The summed E-state index contributed by atoms with van der Waals surface area (Å²) in [5.41, 5.74) is 2.71. The van der Waals surface area contributed by atoms with Crippen LogP contribution in [-0.4, -0.2) is 22.8 Å². The summed E-state index contributed by atoms with van der Waals surface area (Å²) >= 11 is 4.00. The molecule has 0 unspecified atom stereocenters. The number of urea groups is 1. The average Bonchev–Trinajstić information content (AvgIpc) is 2.59. The second kappa shape index (κ2) is 8.39. The van der Waals surface area contributed by atoms with Gasteiger partial charge in [-0.05, 0) is 37.5 Å². The zero-order valence-corrected chi connectivity index (χ0v) is 13.9. The van der Waals surface area contributed by atoms with E-state index in [0.717, 1.165) is 22.7 Å². The third-order valence-corrected chi connectivity index (χ3v) is 3.81. The number of benzene rings is 2. The number of amides is 3. The van der Waals surface area contributed by atoms with E-state index in [1.54, 1.807) is 12.1 Å². The Kier molecular flexibility index (Phi) is 6.23. The Labute approximate surface area is 142 Å². The van der Waals surface area contributed by atoms with Crippen molar-refractivity contribution in [2.75, 3.05) is 6.54 Å². The van der Waals surface area contributed by atoms with Gasteiger partial charge in [-0.1, -0.05) is 60.8 Å². The normalized spacial score (nSPS) is 10.2. The minimum Gasteiger partial charge on any atom is -0.337 e. The molecule has 2 aromatic carbocycles. The summed E-state index contributed by atoms with van der Waals surface area (Å²) in [5.74, 6) is -0.436. The standard InChI is InChI=1S/C18H20N2O2S/c1-14-9-11-16(12-10-14)17(21)20(23)18(22)19-13-5-8-15-6-3-2-4-7-15/h2-4,6-7,9-12,23H,5,8,13H2,1H3,(H,19,22). The maximum atomic E-state index is 12.1. The lowest BCUT2D eigenvalue weighted by Gasteiger charge is -2.15. The molecule has 0 spiro atoms. The van der Waals surface area contributed by atoms with Gasteiger partial charge in [-0.3, -0.25) is 4.79 Å². The summed E-state index contributed by atoms with van der Waals surface area (Å²) < 4.78 is 0.813. The number of hydrogen-bond donors (Lipinski definition) is 2. The fraction of sp³-hybridized carbons (Fsp3) is 0.222. The lowest BCUT2D eigenvalue weighted by Crippen LogP contribution is -2.38. The molecule has 2 rings (SSSR count). The molecule has 5 heteroatoms. The molecule has 120 valence electrons. The predicted molar refractivity (Wildman–Crippen MR) is 94.5 cm³/mol. The van der Waals surface area contributed by atoms with Crippen molar-refractivity contribution in [1.82, 2.24) is 9.62 Å². The quantitative estimate of drug-likeness (QED) is 0.650. The molecule has 0 aliphatic heterocycles. The molecule has 0 aliphatic carbocycles. The van der Waals surface area contributed by atoms with E-state index in [2.05, 4.69) is 18.1 Å². The molecule has 0 aromatic heterocycles. The molecule has 4 nitrogen and oxygen atoms in total. The monoisotopic (exact) mass is 328 g/mol. The molecule has 1 N–H and O–H groups in total. The minimum absolute atomic E-state index is 0.435. The number of rotatable bonds is 5. The highest BCUT2D eigenvalue weighted by molar-refractivity contribution is 7.79. The van der Waals surface area contributed by atoms with E-state index in [1.807, 2.05) is 49.4 Å². The predicted octanol–water partition coefficient (Wildman–Crippen LogP) is 3.62. The van der Waals surface area contributed by atoms with Gasteiger partial charge in [-0.15, -0.1) is 0 Å². The van der Waals surface area contributed by atoms with Gasteiger partial charge in [0.1, 0.15) is 0 Å². The van der Waals surface area contributed by atoms with Crippen LogP contribution < -0.4 is 5.32 Å². The van der Waals surface area contributed by atoms with Gasteiger partial charge >= 0.3 is 6.03 Å². The van der Waals surface area contributed by atoms with E-state index >= 15 is 0 Å². The first-order chi connectivity index (χ1) is 11.1. The SMILES string of the molecule is Cc1ccc(C(=O)N(S)C(=O)NCCCc2ccccc2)cc1. The van der Waals surface area contributed by atoms with Crippen molar-refractivity contribution in [3.8, 4) is 0 Å². The molecule has 0 radical (unpaired) electrons. The van der Waals surface area contributed by atoms with Gasteiger partial charge in [0.25, 0.3) is 5.91 Å². The largest absolute Gasteiger partial charge is 0.337 e. The van der Waals surface area contributed by atoms with Gasteiger partial charge in [-0.2, -0.15) is 0 Å². The van der Waals surface area contributed by atoms with Crippen LogP contribution in [0.4, 0.5) is 4.79 Å². The highest BCUT2D eigenvalue weighted by atomic mass is 32.1. The van der Waals surface area contributed by atoms with Crippen LogP contribution in [0.25, 0.3) is 0 Å². The second-order valence-electron chi connectivity index (χ2n) is 5.30. The van der Waals surface area contributed by atoms with Crippen LogP contribution in [0.15, 0.2) is 54.6 Å². The zero-order valence-electron chi connectivity index (χ0n) is 13.0. The first-order valence-electron chi connectivity index (χ1n) is 7.49. The Morgan fingerprint density at radius 2 is 1.70 bits per heavy atom. The Morgan fingerprint density at radius 3 is 2.35 bits per heavy atom. The topological polar surface area (TPSA) is 49.4 Å². The van der Waals surface area contributed by atoms with Crippen molar-refractivity contribution in [3.05, 3.63) is 71.3 Å². The molecule has 23 heavy (non-hydrogen) atoms. The maximum absolute atomic E-state index is 12.1. The second-order valence-corrected chi connectivity index (χ2v) is 5.70. The number of carbonyl (C=O) groups excluding carboxylic acids is 2. The maximum Gasteiger partial charge on any atom is 0.334 e. The fourth-order valence-corrected chi connectivity index (χ4v) is 2.30. The van der Waals surface area contributed by atoms with E-state index in [-0.39, 0.29) is 0 Å². The molecule has 2 aromatic rings. The molecule has 0 heterocycles. The third-order valence-electron chi connectivity index (χ3n) is 3.44. The lowest BCUT2D eigenvalue weighted by atomic mass is 10.1. The summed E-state index contributed by atoms with van der Waals surface area (Å²) in [5, 5.41) is 2.70. The van der Waals surface area contributed by atoms with Crippen molar-refractivity contribution in [3.63, 3.8) is 0 Å². The van der Waals surface area contributed by atoms with Crippen molar-refractivity contribution in [2.24, 2.45) is 0 Å². The highest BCUT2D eigenvalue weighted by Gasteiger charge is 2.19. The van der Waals surface area contributed by atoms with Crippen LogP contribution in [0.1, 0.15) is 27.9 Å². The highest BCUT2D eigenvalue weighted by Crippen LogP contribution is 2.09. The summed E-state index contributed by atoms with van der Waals surface area (Å²) in [6, 6.07) is 16.6. The molecular formula is C18H20N2O2S. The minimum atomic E-state index is -0.507. The molecule has 0 saturated carbocycles. The van der Waals surface area contributed by atoms with Gasteiger partial charge in [0, 0.05) is 12.1 Å². The van der Waals surface area contributed by atoms with Gasteiger partial charge in [-0.25, -0.2) is 9.10 Å². The average molecular weight is 328 g/mol. The first kappa shape index (κ1) is 17.1. The molecule has 3 amide bonds. The summed E-state index contributed by atoms with van der Waals surface area (Å²) in [6.07, 6.45) is 1.68. The van der Waals surface area contributed by atoms with Crippen LogP contribution in [0, 0.1) is 6.92 Å². The van der Waals surface area contributed by atoms with Crippen molar-refractivity contribution < 1.29 is 9.59 Å². The number of carbonyl (C=O) groups is 2. The number of nitrogens with one attached hydrogen (secondary N) is 1. The number of hydrogen-bond acceptors (Lipinski definition) is 3. The molecule has 0 atom stereocenters. The smallest absolute Gasteiger partial charge is 0.334 e. The van der Waals surface area contributed by atoms with Crippen LogP contribution in [0.2, 0.25) is 0 Å². The first-order valence-corrected chi connectivity index (χ1v) is 7.89. The van der Waals surface area contributed by atoms with Gasteiger partial charge in [0.05, 0.1) is 0 Å². The molecular weight excluding hydrogens is 308 g/mol. The number of thiol groups is 1. The van der Waals surface area contributed by atoms with E-state index < -0.39 is 11.9 Å². The van der Waals surface area contributed by atoms with Crippen LogP contribution in [-0.2, 0) is 6.42 Å². The van der Waals surface area contributed by atoms with Crippen LogP contribution in [0.5, 0.6) is 0 Å². The van der Waals surface area contributed by atoms with E-state index in [9.17, 15) is 9.59 Å². The van der Waals surface area contributed by atoms with Crippen molar-refractivity contribution >= 4 is 24.8 Å². The number of nitrogens with zero attached hydrogens (tertiary/aromatic N) is 1. The van der Waals surface area contributed by atoms with Gasteiger partial charge in [0.15, 0.2) is 0 Å². The Morgan fingerprint density at radius 1 is 1.04 bits per heavy atom. The molecule has 0 fully saturated rings.